The Labute approximate surface area is 179 Å². The van der Waals surface area contributed by atoms with Gasteiger partial charge in [0.15, 0.2) is 0 Å². The summed E-state index contributed by atoms with van der Waals surface area (Å²) in [5.74, 6) is -0.521. The zero-order valence-electron chi connectivity index (χ0n) is 17.7. The molecule has 2 aromatic carbocycles. The van der Waals surface area contributed by atoms with E-state index >= 15 is 0 Å². The van der Waals surface area contributed by atoms with Crippen LogP contribution in [0.15, 0.2) is 60.7 Å². The second-order valence-electron chi connectivity index (χ2n) is 7.82. The molecular formula is C25H31NO4. The average molecular weight is 410 g/mol. The summed E-state index contributed by atoms with van der Waals surface area (Å²) in [6, 6.07) is 19.5. The van der Waals surface area contributed by atoms with Crippen LogP contribution in [0.5, 0.6) is 0 Å². The first-order valence-electron chi connectivity index (χ1n) is 10.8. The van der Waals surface area contributed by atoms with Crippen molar-refractivity contribution in [3.8, 4) is 0 Å². The summed E-state index contributed by atoms with van der Waals surface area (Å²) in [7, 11) is 0. The van der Waals surface area contributed by atoms with Gasteiger partial charge in [0.05, 0.1) is 25.2 Å². The molecule has 2 amide bonds. The van der Waals surface area contributed by atoms with Gasteiger partial charge in [-0.25, -0.2) is 9.69 Å². The van der Waals surface area contributed by atoms with Gasteiger partial charge in [0.25, 0.3) is 0 Å². The first-order valence-corrected chi connectivity index (χ1v) is 10.8. The normalized spacial score (nSPS) is 17.0. The first kappa shape index (κ1) is 22.0. The molecule has 0 unspecified atom stereocenters. The molecule has 1 aliphatic heterocycles. The van der Waals surface area contributed by atoms with Crippen LogP contribution in [0.3, 0.4) is 0 Å². The SMILES string of the molecule is CCCCC[C@H](COCc1ccccc1)C(=O)N1C(=O)OC[C@@H]1Cc1ccccc1. The number of ether oxygens (including phenoxy) is 2. The number of hydrogen-bond donors (Lipinski definition) is 0. The minimum atomic E-state index is -0.538. The highest BCUT2D eigenvalue weighted by Crippen LogP contribution is 2.23. The van der Waals surface area contributed by atoms with Crippen molar-refractivity contribution in [1.29, 1.82) is 0 Å². The van der Waals surface area contributed by atoms with Crippen molar-refractivity contribution in [3.63, 3.8) is 0 Å². The molecule has 1 saturated heterocycles. The highest BCUT2D eigenvalue weighted by Gasteiger charge is 2.40. The van der Waals surface area contributed by atoms with Crippen LogP contribution in [-0.2, 0) is 27.3 Å². The van der Waals surface area contributed by atoms with Crippen molar-refractivity contribution in [2.75, 3.05) is 13.2 Å². The van der Waals surface area contributed by atoms with Gasteiger partial charge in [0.1, 0.15) is 6.61 Å². The van der Waals surface area contributed by atoms with Crippen LogP contribution >= 0.6 is 0 Å². The third kappa shape index (κ3) is 6.17. The Morgan fingerprint density at radius 2 is 1.73 bits per heavy atom. The number of carbonyl (C=O) groups excluding carboxylic acids is 2. The Morgan fingerprint density at radius 1 is 1.07 bits per heavy atom. The number of nitrogens with zero attached hydrogens (tertiary/aromatic N) is 1. The lowest BCUT2D eigenvalue weighted by Crippen LogP contribution is -2.44. The van der Waals surface area contributed by atoms with Crippen molar-refractivity contribution in [2.45, 2.75) is 51.7 Å². The number of unbranched alkanes of at least 4 members (excludes halogenated alkanes) is 2. The summed E-state index contributed by atoms with van der Waals surface area (Å²) in [4.78, 5) is 27.1. The van der Waals surface area contributed by atoms with Crippen molar-refractivity contribution in [3.05, 3.63) is 71.8 Å². The lowest BCUT2D eigenvalue weighted by atomic mass is 9.98. The van der Waals surface area contributed by atoms with E-state index in [2.05, 4.69) is 6.92 Å². The van der Waals surface area contributed by atoms with Crippen LogP contribution < -0.4 is 0 Å². The van der Waals surface area contributed by atoms with Gasteiger partial charge in [-0.15, -0.1) is 0 Å². The van der Waals surface area contributed by atoms with Crippen LogP contribution in [0.4, 0.5) is 4.79 Å². The van der Waals surface area contributed by atoms with Crippen LogP contribution in [0.2, 0.25) is 0 Å². The zero-order chi connectivity index (χ0) is 21.2. The van der Waals surface area contributed by atoms with E-state index in [1.807, 2.05) is 60.7 Å². The Bertz CT molecular complexity index is 793. The van der Waals surface area contributed by atoms with E-state index in [1.54, 1.807) is 0 Å². The van der Waals surface area contributed by atoms with Crippen molar-refractivity contribution in [1.82, 2.24) is 4.90 Å². The van der Waals surface area contributed by atoms with E-state index in [0.717, 1.165) is 30.4 Å². The van der Waals surface area contributed by atoms with E-state index < -0.39 is 6.09 Å². The van der Waals surface area contributed by atoms with Crippen molar-refractivity contribution < 1.29 is 19.1 Å². The molecule has 1 aliphatic rings. The minimum absolute atomic E-state index is 0.178. The molecule has 0 bridgehead atoms. The minimum Gasteiger partial charge on any atom is -0.447 e. The van der Waals surface area contributed by atoms with E-state index in [0.29, 0.717) is 26.1 Å². The molecule has 2 aromatic rings. The van der Waals surface area contributed by atoms with E-state index in [1.165, 1.54) is 4.90 Å². The molecule has 0 aliphatic carbocycles. The molecule has 3 rings (SSSR count). The van der Waals surface area contributed by atoms with Gasteiger partial charge < -0.3 is 9.47 Å². The highest BCUT2D eigenvalue weighted by atomic mass is 16.6. The van der Waals surface area contributed by atoms with E-state index in [-0.39, 0.29) is 24.5 Å². The third-order valence-corrected chi connectivity index (χ3v) is 5.45. The molecule has 5 heteroatoms. The van der Waals surface area contributed by atoms with Crippen LogP contribution in [0, 0.1) is 5.92 Å². The summed E-state index contributed by atoms with van der Waals surface area (Å²) in [5, 5.41) is 0. The lowest BCUT2D eigenvalue weighted by Gasteiger charge is -2.25. The molecule has 2 atom stereocenters. The lowest BCUT2D eigenvalue weighted by molar-refractivity contribution is -0.136. The largest absolute Gasteiger partial charge is 0.447 e. The maximum absolute atomic E-state index is 13.3. The molecule has 0 saturated carbocycles. The van der Waals surface area contributed by atoms with Crippen molar-refractivity contribution >= 4 is 12.0 Å². The number of hydrogen-bond acceptors (Lipinski definition) is 4. The van der Waals surface area contributed by atoms with Crippen LogP contribution in [-0.4, -0.2) is 36.2 Å². The van der Waals surface area contributed by atoms with Crippen LogP contribution in [0.25, 0.3) is 0 Å². The van der Waals surface area contributed by atoms with Gasteiger partial charge in [-0.3, -0.25) is 4.79 Å². The summed E-state index contributed by atoms with van der Waals surface area (Å²) in [6.45, 7) is 3.14. The van der Waals surface area contributed by atoms with Gasteiger partial charge in [-0.1, -0.05) is 86.8 Å². The van der Waals surface area contributed by atoms with E-state index in [9.17, 15) is 9.59 Å². The van der Waals surface area contributed by atoms with Gasteiger partial charge >= 0.3 is 6.09 Å². The fourth-order valence-corrected chi connectivity index (χ4v) is 3.78. The fourth-order valence-electron chi connectivity index (χ4n) is 3.78. The number of benzene rings is 2. The third-order valence-electron chi connectivity index (χ3n) is 5.45. The van der Waals surface area contributed by atoms with Gasteiger partial charge in [0.2, 0.25) is 5.91 Å². The summed E-state index contributed by atoms with van der Waals surface area (Å²) >= 11 is 0. The summed E-state index contributed by atoms with van der Waals surface area (Å²) in [5.41, 5.74) is 2.15. The number of cyclic esters (lactones) is 1. The second kappa shape index (κ2) is 11.5. The maximum atomic E-state index is 13.3. The maximum Gasteiger partial charge on any atom is 0.416 e. The van der Waals surface area contributed by atoms with Crippen LogP contribution in [0.1, 0.15) is 43.7 Å². The molecule has 30 heavy (non-hydrogen) atoms. The average Bonchev–Trinajstić information content (AvgIpc) is 3.13. The number of rotatable bonds is 11. The molecule has 0 aromatic heterocycles. The highest BCUT2D eigenvalue weighted by molar-refractivity contribution is 5.94. The standard InChI is InChI=1S/C25H31NO4/c1-2-3-6-15-22(18-29-17-21-13-9-5-10-14-21)24(27)26-23(19-30-25(26)28)16-20-11-7-4-8-12-20/h4-5,7-14,22-23H,2-3,6,15-19H2,1H3/t22-,23+/m1/s1. The predicted octanol–water partition coefficient (Wildman–Crippen LogP) is 4.99. The topological polar surface area (TPSA) is 55.8 Å². The molecule has 1 heterocycles. The monoisotopic (exact) mass is 409 g/mol. The molecule has 0 radical (unpaired) electrons. The summed E-state index contributed by atoms with van der Waals surface area (Å²) < 4.78 is 11.1. The molecule has 1 fully saturated rings. The molecular weight excluding hydrogens is 378 g/mol. The Balaban J connectivity index is 1.65. The van der Waals surface area contributed by atoms with E-state index in [4.69, 9.17) is 9.47 Å². The zero-order valence-corrected chi connectivity index (χ0v) is 17.7. The predicted molar refractivity (Wildman–Crippen MR) is 116 cm³/mol. The Morgan fingerprint density at radius 3 is 2.40 bits per heavy atom. The van der Waals surface area contributed by atoms with Gasteiger partial charge in [-0.05, 0) is 24.0 Å². The fraction of sp³-hybridized carbons (Fsp3) is 0.440. The number of imide groups is 1. The number of carbonyl (C=O) groups is 2. The molecule has 160 valence electrons. The first-order chi connectivity index (χ1) is 14.7. The van der Waals surface area contributed by atoms with Gasteiger partial charge in [-0.2, -0.15) is 0 Å². The number of amides is 2. The molecule has 5 nitrogen and oxygen atoms in total. The Kier molecular flexibility index (Phi) is 8.45. The molecule has 0 spiro atoms. The summed E-state index contributed by atoms with van der Waals surface area (Å²) in [6.07, 6.45) is 3.85. The quantitative estimate of drug-likeness (QED) is 0.491. The molecule has 0 N–H and O–H groups in total. The van der Waals surface area contributed by atoms with Crippen molar-refractivity contribution in [2.24, 2.45) is 5.92 Å². The van der Waals surface area contributed by atoms with Gasteiger partial charge in [0, 0.05) is 0 Å². The Hall–Kier alpha value is -2.66. The second-order valence-corrected chi connectivity index (χ2v) is 7.82. The smallest absolute Gasteiger partial charge is 0.416 e.